The molecule has 0 radical (unpaired) electrons. The van der Waals surface area contributed by atoms with Crippen molar-refractivity contribution in [2.75, 3.05) is 46.4 Å². The molecule has 0 bridgehead atoms. The highest BCUT2D eigenvalue weighted by molar-refractivity contribution is 5.79. The van der Waals surface area contributed by atoms with Crippen LogP contribution in [0.3, 0.4) is 0 Å². The second-order valence-corrected chi connectivity index (χ2v) is 6.35. The van der Waals surface area contributed by atoms with Crippen molar-refractivity contribution in [2.45, 2.75) is 39.9 Å². The fourth-order valence-corrected chi connectivity index (χ4v) is 2.59. The third kappa shape index (κ3) is 10.3. The van der Waals surface area contributed by atoms with Crippen molar-refractivity contribution in [2.24, 2.45) is 4.99 Å². The zero-order valence-corrected chi connectivity index (χ0v) is 17.7. The summed E-state index contributed by atoms with van der Waals surface area (Å²) in [4.78, 5) is 6.61. The molecule has 0 unspecified atom stereocenters. The third-order valence-electron chi connectivity index (χ3n) is 4.25. The first-order valence-corrected chi connectivity index (χ1v) is 9.93. The van der Waals surface area contributed by atoms with Gasteiger partial charge in [-0.3, -0.25) is 0 Å². The molecule has 1 aromatic carbocycles. The summed E-state index contributed by atoms with van der Waals surface area (Å²) < 4.78 is 48.2. The highest BCUT2D eigenvalue weighted by Crippen LogP contribution is 2.28. The van der Waals surface area contributed by atoms with Gasteiger partial charge in [0, 0.05) is 19.6 Å². The van der Waals surface area contributed by atoms with Gasteiger partial charge in [-0.05, 0) is 37.7 Å². The molecule has 0 aliphatic carbocycles. The number of methoxy groups -OCH3 is 1. The molecule has 0 atom stereocenters. The Labute approximate surface area is 171 Å². The zero-order valence-electron chi connectivity index (χ0n) is 17.7. The number of likely N-dealkylation sites (N-methyl/N-ethyl adjacent to an activating group) is 1. The van der Waals surface area contributed by atoms with Crippen LogP contribution in [0.15, 0.2) is 23.2 Å². The lowest BCUT2D eigenvalue weighted by molar-refractivity contribution is -0.132. The summed E-state index contributed by atoms with van der Waals surface area (Å²) in [5.41, 5.74) is 0.867. The van der Waals surface area contributed by atoms with Gasteiger partial charge in [-0.1, -0.05) is 19.9 Å². The lowest BCUT2D eigenvalue weighted by Gasteiger charge is -2.19. The first-order valence-electron chi connectivity index (χ1n) is 9.93. The SMILES string of the molecule is CCNC(=NCc1ccc(OCCN(CC)CC)c(OC)c1)NCCC(F)(F)F. The Morgan fingerprint density at radius 2 is 1.83 bits per heavy atom. The number of alkyl halides is 3. The topological polar surface area (TPSA) is 58.1 Å². The predicted molar refractivity (Wildman–Crippen MR) is 110 cm³/mol. The number of rotatable bonds is 12. The smallest absolute Gasteiger partial charge is 0.390 e. The molecule has 6 nitrogen and oxygen atoms in total. The van der Waals surface area contributed by atoms with Crippen molar-refractivity contribution in [3.63, 3.8) is 0 Å². The Hall–Kier alpha value is -2.16. The van der Waals surface area contributed by atoms with Crippen LogP contribution in [-0.2, 0) is 6.54 Å². The summed E-state index contributed by atoms with van der Waals surface area (Å²) >= 11 is 0. The van der Waals surface area contributed by atoms with Crippen molar-refractivity contribution in [3.8, 4) is 11.5 Å². The quantitative estimate of drug-likeness (QED) is 0.402. The van der Waals surface area contributed by atoms with Crippen LogP contribution < -0.4 is 20.1 Å². The molecule has 166 valence electrons. The van der Waals surface area contributed by atoms with Crippen molar-refractivity contribution in [1.82, 2.24) is 15.5 Å². The van der Waals surface area contributed by atoms with Gasteiger partial charge in [-0.15, -0.1) is 0 Å². The van der Waals surface area contributed by atoms with E-state index in [9.17, 15) is 13.2 Å². The van der Waals surface area contributed by atoms with E-state index in [4.69, 9.17) is 9.47 Å². The highest BCUT2D eigenvalue weighted by Gasteiger charge is 2.26. The molecule has 1 rings (SSSR count). The standard InChI is InChI=1S/C20H33F3N4O2/c1-5-24-19(25-11-10-20(21,22)23)26-15-16-8-9-17(18(14-16)28-4)29-13-12-27(6-2)7-3/h8-9,14H,5-7,10-13,15H2,1-4H3,(H2,24,25,26). The number of ether oxygens (including phenoxy) is 2. The normalized spacial score (nSPS) is 12.2. The van der Waals surface area contributed by atoms with E-state index < -0.39 is 12.6 Å². The van der Waals surface area contributed by atoms with Gasteiger partial charge in [0.1, 0.15) is 6.61 Å². The summed E-state index contributed by atoms with van der Waals surface area (Å²) in [5, 5.41) is 5.63. The van der Waals surface area contributed by atoms with Gasteiger partial charge in [0.15, 0.2) is 17.5 Å². The number of halogens is 3. The summed E-state index contributed by atoms with van der Waals surface area (Å²) in [6, 6.07) is 5.53. The van der Waals surface area contributed by atoms with Crippen LogP contribution in [0, 0.1) is 0 Å². The second-order valence-electron chi connectivity index (χ2n) is 6.35. The average Bonchev–Trinajstić information content (AvgIpc) is 2.69. The molecule has 0 aliphatic heterocycles. The maximum Gasteiger partial charge on any atom is 0.390 e. The molecule has 0 spiro atoms. The van der Waals surface area contributed by atoms with E-state index in [1.54, 1.807) is 7.11 Å². The molecule has 0 aliphatic rings. The fourth-order valence-electron chi connectivity index (χ4n) is 2.59. The van der Waals surface area contributed by atoms with Crippen LogP contribution in [-0.4, -0.2) is 63.5 Å². The number of hydrogen-bond acceptors (Lipinski definition) is 4. The van der Waals surface area contributed by atoms with E-state index in [0.717, 1.165) is 25.2 Å². The van der Waals surface area contributed by atoms with E-state index >= 15 is 0 Å². The van der Waals surface area contributed by atoms with Gasteiger partial charge in [0.05, 0.1) is 20.1 Å². The minimum atomic E-state index is -4.20. The minimum absolute atomic E-state index is 0.224. The van der Waals surface area contributed by atoms with Crippen LogP contribution in [0.2, 0.25) is 0 Å². The summed E-state index contributed by atoms with van der Waals surface area (Å²) in [6.07, 6.45) is -5.11. The van der Waals surface area contributed by atoms with Crippen molar-refractivity contribution >= 4 is 5.96 Å². The number of guanidine groups is 1. The van der Waals surface area contributed by atoms with Gasteiger partial charge in [0.25, 0.3) is 0 Å². The van der Waals surface area contributed by atoms with Gasteiger partial charge in [0.2, 0.25) is 0 Å². The summed E-state index contributed by atoms with van der Waals surface area (Å²) in [5.74, 6) is 1.60. The van der Waals surface area contributed by atoms with E-state index in [-0.39, 0.29) is 6.54 Å². The van der Waals surface area contributed by atoms with Gasteiger partial charge in [-0.25, -0.2) is 4.99 Å². The molecule has 1 aromatic rings. The highest BCUT2D eigenvalue weighted by atomic mass is 19.4. The van der Waals surface area contributed by atoms with Gasteiger partial charge < -0.3 is 25.0 Å². The largest absolute Gasteiger partial charge is 0.493 e. The fraction of sp³-hybridized carbons (Fsp3) is 0.650. The van der Waals surface area contributed by atoms with Crippen LogP contribution in [0.25, 0.3) is 0 Å². The molecule has 29 heavy (non-hydrogen) atoms. The molecule has 0 saturated carbocycles. The number of hydrogen-bond donors (Lipinski definition) is 2. The average molecular weight is 419 g/mol. The zero-order chi connectivity index (χ0) is 21.7. The molecule has 0 saturated heterocycles. The molecule has 0 heterocycles. The Kier molecular flexibility index (Phi) is 11.3. The van der Waals surface area contributed by atoms with Crippen LogP contribution in [0.5, 0.6) is 11.5 Å². The van der Waals surface area contributed by atoms with E-state index in [1.165, 1.54) is 0 Å². The first-order chi connectivity index (χ1) is 13.8. The predicted octanol–water partition coefficient (Wildman–Crippen LogP) is 3.42. The number of nitrogens with one attached hydrogen (secondary N) is 2. The molecule has 0 fully saturated rings. The monoisotopic (exact) mass is 418 g/mol. The third-order valence-corrected chi connectivity index (χ3v) is 4.25. The Bertz CT molecular complexity index is 620. The van der Waals surface area contributed by atoms with E-state index in [1.807, 2.05) is 25.1 Å². The molecule has 2 N–H and O–H groups in total. The lowest BCUT2D eigenvalue weighted by atomic mass is 10.2. The molecule has 0 aromatic heterocycles. The molecular formula is C20H33F3N4O2. The number of nitrogens with zero attached hydrogens (tertiary/aromatic N) is 2. The van der Waals surface area contributed by atoms with Crippen molar-refractivity contribution in [3.05, 3.63) is 23.8 Å². The van der Waals surface area contributed by atoms with Crippen LogP contribution >= 0.6 is 0 Å². The maximum absolute atomic E-state index is 12.3. The van der Waals surface area contributed by atoms with Crippen molar-refractivity contribution < 1.29 is 22.6 Å². The number of benzene rings is 1. The van der Waals surface area contributed by atoms with E-state index in [0.29, 0.717) is 37.2 Å². The molecular weight excluding hydrogens is 385 g/mol. The first kappa shape index (κ1) is 24.9. The molecule has 0 amide bonds. The summed E-state index contributed by atoms with van der Waals surface area (Å²) in [7, 11) is 1.57. The van der Waals surface area contributed by atoms with Crippen molar-refractivity contribution in [1.29, 1.82) is 0 Å². The van der Waals surface area contributed by atoms with Gasteiger partial charge >= 0.3 is 6.18 Å². The van der Waals surface area contributed by atoms with Crippen LogP contribution in [0.4, 0.5) is 13.2 Å². The maximum atomic E-state index is 12.3. The molecule has 9 heteroatoms. The van der Waals surface area contributed by atoms with Crippen LogP contribution in [0.1, 0.15) is 32.8 Å². The van der Waals surface area contributed by atoms with Gasteiger partial charge in [-0.2, -0.15) is 13.2 Å². The Morgan fingerprint density at radius 3 is 2.41 bits per heavy atom. The second kappa shape index (κ2) is 13.1. The lowest BCUT2D eigenvalue weighted by Crippen LogP contribution is -2.38. The number of aliphatic imine (C=N–C) groups is 1. The summed E-state index contributed by atoms with van der Waals surface area (Å²) in [6.45, 7) is 10.0. The Balaban J connectivity index is 2.68. The Morgan fingerprint density at radius 1 is 1.10 bits per heavy atom. The van der Waals surface area contributed by atoms with E-state index in [2.05, 4.69) is 34.4 Å². The minimum Gasteiger partial charge on any atom is -0.493 e.